The summed E-state index contributed by atoms with van der Waals surface area (Å²) in [5, 5.41) is 0. The third-order valence-electron chi connectivity index (χ3n) is 2.79. The average Bonchev–Trinajstić information content (AvgIpc) is 2.45. The van der Waals surface area contributed by atoms with Gasteiger partial charge in [-0.1, -0.05) is 0 Å². The lowest BCUT2D eigenvalue weighted by Crippen LogP contribution is -2.24. The molecule has 0 aliphatic rings. The minimum atomic E-state index is -3.66. The number of anilines is 1. The molecule has 7 nitrogen and oxygen atoms in total. The van der Waals surface area contributed by atoms with E-state index in [0.717, 1.165) is 0 Å². The van der Waals surface area contributed by atoms with Crippen molar-refractivity contribution in [1.29, 1.82) is 0 Å². The first-order valence-corrected chi connectivity index (χ1v) is 7.62. The van der Waals surface area contributed by atoms with Crippen molar-refractivity contribution in [2.75, 3.05) is 12.8 Å². The highest BCUT2D eigenvalue weighted by Gasteiger charge is 2.15. The summed E-state index contributed by atoms with van der Waals surface area (Å²) in [6.45, 7) is 1.82. The fraction of sp³-hybridized carbons (Fsp3) is 0.231. The standard InChI is InChI=1S/C13H16N4O3S/c1-9-15-6-5-10(17-9)8-16-21(18,19)11-3-4-13(20-2)12(14)7-11/h3-7,16H,8,14H2,1-2H3. The Labute approximate surface area is 123 Å². The van der Waals surface area contributed by atoms with E-state index in [-0.39, 0.29) is 17.1 Å². The van der Waals surface area contributed by atoms with Gasteiger partial charge in [-0.15, -0.1) is 0 Å². The summed E-state index contributed by atoms with van der Waals surface area (Å²) in [6.07, 6.45) is 1.58. The van der Waals surface area contributed by atoms with E-state index in [2.05, 4.69) is 14.7 Å². The number of methoxy groups -OCH3 is 1. The highest BCUT2D eigenvalue weighted by molar-refractivity contribution is 7.89. The number of ether oxygens (including phenoxy) is 1. The summed E-state index contributed by atoms with van der Waals surface area (Å²) in [6, 6.07) is 5.95. The molecule has 2 aromatic rings. The van der Waals surface area contributed by atoms with Crippen LogP contribution in [0.4, 0.5) is 5.69 Å². The maximum absolute atomic E-state index is 12.2. The second-order valence-electron chi connectivity index (χ2n) is 4.32. The van der Waals surface area contributed by atoms with Crippen molar-refractivity contribution in [3.63, 3.8) is 0 Å². The summed E-state index contributed by atoms with van der Waals surface area (Å²) >= 11 is 0. The van der Waals surface area contributed by atoms with E-state index in [1.807, 2.05) is 0 Å². The molecule has 0 fully saturated rings. The molecule has 1 heterocycles. The third kappa shape index (κ3) is 3.67. The van der Waals surface area contributed by atoms with E-state index in [0.29, 0.717) is 17.3 Å². The van der Waals surface area contributed by atoms with Gasteiger partial charge in [-0.3, -0.25) is 0 Å². The molecular formula is C13H16N4O3S. The molecule has 8 heteroatoms. The Morgan fingerprint density at radius 2 is 2.10 bits per heavy atom. The van der Waals surface area contributed by atoms with Gasteiger partial charge in [0.25, 0.3) is 0 Å². The quantitative estimate of drug-likeness (QED) is 0.793. The minimum absolute atomic E-state index is 0.0755. The summed E-state index contributed by atoms with van der Waals surface area (Å²) < 4.78 is 31.8. The molecule has 2 rings (SSSR count). The van der Waals surface area contributed by atoms with Gasteiger partial charge in [0, 0.05) is 6.20 Å². The van der Waals surface area contributed by atoms with Crippen molar-refractivity contribution in [1.82, 2.24) is 14.7 Å². The average molecular weight is 308 g/mol. The Hall–Kier alpha value is -2.19. The Morgan fingerprint density at radius 1 is 1.33 bits per heavy atom. The van der Waals surface area contributed by atoms with Crippen LogP contribution in [0.5, 0.6) is 5.75 Å². The van der Waals surface area contributed by atoms with Crippen LogP contribution < -0.4 is 15.2 Å². The number of rotatable bonds is 5. The van der Waals surface area contributed by atoms with Crippen molar-refractivity contribution < 1.29 is 13.2 Å². The van der Waals surface area contributed by atoms with Gasteiger partial charge in [-0.25, -0.2) is 23.1 Å². The van der Waals surface area contributed by atoms with Crippen LogP contribution in [0.3, 0.4) is 0 Å². The number of nitrogens with zero attached hydrogens (tertiary/aromatic N) is 2. The third-order valence-corrected chi connectivity index (χ3v) is 4.19. The zero-order chi connectivity index (χ0) is 15.5. The van der Waals surface area contributed by atoms with Gasteiger partial charge in [0.2, 0.25) is 10.0 Å². The Kier molecular flexibility index (Phi) is 4.39. The van der Waals surface area contributed by atoms with E-state index in [9.17, 15) is 8.42 Å². The van der Waals surface area contributed by atoms with E-state index < -0.39 is 10.0 Å². The molecule has 1 aromatic heterocycles. The Balaban J connectivity index is 2.17. The summed E-state index contributed by atoms with van der Waals surface area (Å²) in [5.41, 5.74) is 6.57. The first kappa shape index (κ1) is 15.2. The van der Waals surface area contributed by atoms with Crippen LogP contribution in [0.15, 0.2) is 35.4 Å². The number of hydrogen-bond donors (Lipinski definition) is 2. The molecule has 21 heavy (non-hydrogen) atoms. The molecule has 0 bridgehead atoms. The van der Waals surface area contributed by atoms with Crippen molar-refractivity contribution >= 4 is 15.7 Å². The molecule has 3 N–H and O–H groups in total. The Morgan fingerprint density at radius 3 is 2.71 bits per heavy atom. The van der Waals surface area contributed by atoms with E-state index in [1.54, 1.807) is 19.2 Å². The van der Waals surface area contributed by atoms with Crippen molar-refractivity contribution in [2.45, 2.75) is 18.4 Å². The summed E-state index contributed by atoms with van der Waals surface area (Å²) in [5.74, 6) is 1.01. The SMILES string of the molecule is COc1ccc(S(=O)(=O)NCc2ccnc(C)n2)cc1N. The fourth-order valence-electron chi connectivity index (χ4n) is 1.74. The van der Waals surface area contributed by atoms with Gasteiger partial charge in [0.1, 0.15) is 11.6 Å². The van der Waals surface area contributed by atoms with Gasteiger partial charge in [-0.05, 0) is 31.2 Å². The molecule has 0 saturated carbocycles. The van der Waals surface area contributed by atoms with Crippen molar-refractivity contribution in [3.8, 4) is 5.75 Å². The smallest absolute Gasteiger partial charge is 0.241 e. The van der Waals surface area contributed by atoms with Gasteiger partial charge in [0.15, 0.2) is 0 Å². The van der Waals surface area contributed by atoms with Crippen LogP contribution in [0, 0.1) is 6.92 Å². The molecule has 0 spiro atoms. The number of aryl methyl sites for hydroxylation is 1. The molecule has 0 aliphatic carbocycles. The predicted octanol–water partition coefficient (Wildman–Crippen LogP) is 0.854. The topological polar surface area (TPSA) is 107 Å². The fourth-order valence-corrected chi connectivity index (χ4v) is 2.77. The van der Waals surface area contributed by atoms with Gasteiger partial charge in [0.05, 0.1) is 29.9 Å². The van der Waals surface area contributed by atoms with Crippen LogP contribution in [-0.4, -0.2) is 25.5 Å². The molecule has 0 unspecified atom stereocenters. The Bertz CT molecular complexity index is 747. The van der Waals surface area contributed by atoms with Crippen LogP contribution in [0.1, 0.15) is 11.5 Å². The number of nitrogens with one attached hydrogen (secondary N) is 1. The van der Waals surface area contributed by atoms with Gasteiger partial charge < -0.3 is 10.5 Å². The zero-order valence-electron chi connectivity index (χ0n) is 11.7. The van der Waals surface area contributed by atoms with Crippen molar-refractivity contribution in [2.24, 2.45) is 0 Å². The summed E-state index contributed by atoms with van der Waals surface area (Å²) in [7, 11) is -2.20. The molecule has 0 aliphatic heterocycles. The minimum Gasteiger partial charge on any atom is -0.495 e. The maximum atomic E-state index is 12.2. The number of hydrogen-bond acceptors (Lipinski definition) is 6. The number of benzene rings is 1. The number of nitrogens with two attached hydrogens (primary N) is 1. The number of aromatic nitrogens is 2. The molecule has 112 valence electrons. The van der Waals surface area contributed by atoms with Gasteiger partial charge in [-0.2, -0.15) is 0 Å². The van der Waals surface area contributed by atoms with Gasteiger partial charge >= 0.3 is 0 Å². The highest BCUT2D eigenvalue weighted by Crippen LogP contribution is 2.24. The summed E-state index contributed by atoms with van der Waals surface area (Å²) in [4.78, 5) is 8.16. The first-order valence-electron chi connectivity index (χ1n) is 6.14. The van der Waals surface area contributed by atoms with Crippen LogP contribution in [0.2, 0.25) is 0 Å². The van der Waals surface area contributed by atoms with Crippen LogP contribution in [-0.2, 0) is 16.6 Å². The van der Waals surface area contributed by atoms with Crippen molar-refractivity contribution in [3.05, 3.63) is 42.0 Å². The highest BCUT2D eigenvalue weighted by atomic mass is 32.2. The lowest BCUT2D eigenvalue weighted by molar-refractivity contribution is 0.416. The second kappa shape index (κ2) is 6.06. The molecule has 0 atom stereocenters. The molecule has 0 saturated heterocycles. The second-order valence-corrected chi connectivity index (χ2v) is 6.09. The lowest BCUT2D eigenvalue weighted by atomic mass is 10.3. The maximum Gasteiger partial charge on any atom is 0.241 e. The molecule has 1 aromatic carbocycles. The number of sulfonamides is 1. The first-order chi connectivity index (χ1) is 9.92. The zero-order valence-corrected chi connectivity index (χ0v) is 12.5. The predicted molar refractivity (Wildman–Crippen MR) is 78.2 cm³/mol. The largest absolute Gasteiger partial charge is 0.495 e. The molecular weight excluding hydrogens is 292 g/mol. The van der Waals surface area contributed by atoms with E-state index in [1.165, 1.54) is 25.3 Å². The van der Waals surface area contributed by atoms with E-state index in [4.69, 9.17) is 10.5 Å². The van der Waals surface area contributed by atoms with Crippen LogP contribution in [0.25, 0.3) is 0 Å². The van der Waals surface area contributed by atoms with Crippen LogP contribution >= 0.6 is 0 Å². The van der Waals surface area contributed by atoms with E-state index >= 15 is 0 Å². The normalized spacial score (nSPS) is 11.3. The monoisotopic (exact) mass is 308 g/mol. The number of nitrogen functional groups attached to an aromatic ring is 1. The molecule has 0 amide bonds. The lowest BCUT2D eigenvalue weighted by Gasteiger charge is -2.09. The molecule has 0 radical (unpaired) electrons.